The Morgan fingerprint density at radius 2 is 2.28 bits per heavy atom. The van der Waals surface area contributed by atoms with Crippen LogP contribution in [-0.4, -0.2) is 54.6 Å². The highest BCUT2D eigenvalue weighted by molar-refractivity contribution is 5.45. The van der Waals surface area contributed by atoms with Crippen LogP contribution in [0.5, 0.6) is 0 Å². The Kier molecular flexibility index (Phi) is 4.36. The zero-order chi connectivity index (χ0) is 13.0. The van der Waals surface area contributed by atoms with Crippen LogP contribution < -0.4 is 10.2 Å². The van der Waals surface area contributed by atoms with Gasteiger partial charge in [-0.3, -0.25) is 4.98 Å². The van der Waals surface area contributed by atoms with E-state index in [9.17, 15) is 0 Å². The van der Waals surface area contributed by atoms with E-state index in [1.54, 1.807) is 6.20 Å². The summed E-state index contributed by atoms with van der Waals surface area (Å²) >= 11 is 0. The molecule has 5 heteroatoms. The molecular weight excluding hydrogens is 226 g/mol. The van der Waals surface area contributed by atoms with Gasteiger partial charge in [0.25, 0.3) is 0 Å². The first kappa shape index (κ1) is 13.1. The Morgan fingerprint density at radius 3 is 3.00 bits per heavy atom. The van der Waals surface area contributed by atoms with Crippen molar-refractivity contribution in [1.82, 2.24) is 14.9 Å². The Bertz CT molecular complexity index is 379. The maximum absolute atomic E-state index is 4.64. The van der Waals surface area contributed by atoms with Crippen LogP contribution in [0.1, 0.15) is 19.8 Å². The fourth-order valence-electron chi connectivity index (χ4n) is 2.51. The maximum atomic E-state index is 4.64. The van der Waals surface area contributed by atoms with Gasteiger partial charge in [0.1, 0.15) is 11.6 Å². The second-order valence-electron chi connectivity index (χ2n) is 5.04. The minimum absolute atomic E-state index is 0.561. The van der Waals surface area contributed by atoms with Gasteiger partial charge < -0.3 is 15.1 Å². The quantitative estimate of drug-likeness (QED) is 0.855. The van der Waals surface area contributed by atoms with Crippen LogP contribution >= 0.6 is 0 Å². The standard InChI is InChI=1S/C13H23N5/c1-4-15-12-8-14-9-13(16-12)18-7-5-6-11(18)10-17(2)3/h8-9,11H,4-7,10H2,1-3H3,(H,15,16). The van der Waals surface area contributed by atoms with Crippen LogP contribution in [0.3, 0.4) is 0 Å². The molecule has 0 saturated carbocycles. The van der Waals surface area contributed by atoms with Gasteiger partial charge in [0, 0.05) is 25.7 Å². The first-order valence-corrected chi connectivity index (χ1v) is 6.68. The molecule has 1 N–H and O–H groups in total. The highest BCUT2D eigenvalue weighted by Gasteiger charge is 2.26. The van der Waals surface area contributed by atoms with E-state index in [1.807, 2.05) is 6.20 Å². The average Bonchev–Trinajstić information content (AvgIpc) is 2.77. The molecule has 0 amide bonds. The number of rotatable bonds is 5. The van der Waals surface area contributed by atoms with Crippen molar-refractivity contribution in [1.29, 1.82) is 0 Å². The predicted octanol–water partition coefficient (Wildman–Crippen LogP) is 1.44. The monoisotopic (exact) mass is 249 g/mol. The minimum atomic E-state index is 0.561. The van der Waals surface area contributed by atoms with E-state index in [0.717, 1.165) is 31.3 Å². The highest BCUT2D eigenvalue weighted by atomic mass is 15.3. The van der Waals surface area contributed by atoms with Gasteiger partial charge in [-0.25, -0.2) is 4.98 Å². The SMILES string of the molecule is CCNc1cncc(N2CCCC2CN(C)C)n1. The van der Waals surface area contributed by atoms with Crippen molar-refractivity contribution in [2.75, 3.05) is 43.9 Å². The topological polar surface area (TPSA) is 44.3 Å². The van der Waals surface area contributed by atoms with E-state index >= 15 is 0 Å². The first-order valence-electron chi connectivity index (χ1n) is 6.68. The molecule has 1 atom stereocenters. The molecule has 1 aliphatic heterocycles. The van der Waals surface area contributed by atoms with Crippen molar-refractivity contribution in [2.24, 2.45) is 0 Å². The lowest BCUT2D eigenvalue weighted by Crippen LogP contribution is -2.38. The molecule has 2 rings (SSSR count). The highest BCUT2D eigenvalue weighted by Crippen LogP contribution is 2.24. The summed E-state index contributed by atoms with van der Waals surface area (Å²) in [6.07, 6.45) is 6.13. The Balaban J connectivity index is 2.11. The van der Waals surface area contributed by atoms with Gasteiger partial charge in [-0.2, -0.15) is 0 Å². The van der Waals surface area contributed by atoms with E-state index in [4.69, 9.17) is 0 Å². The third-order valence-electron chi connectivity index (χ3n) is 3.23. The summed E-state index contributed by atoms with van der Waals surface area (Å²) in [5, 5.41) is 3.22. The fraction of sp³-hybridized carbons (Fsp3) is 0.692. The van der Waals surface area contributed by atoms with Crippen LogP contribution in [0.25, 0.3) is 0 Å². The van der Waals surface area contributed by atoms with Crippen molar-refractivity contribution in [3.8, 4) is 0 Å². The minimum Gasteiger partial charge on any atom is -0.369 e. The Morgan fingerprint density at radius 1 is 1.44 bits per heavy atom. The first-order chi connectivity index (χ1) is 8.70. The van der Waals surface area contributed by atoms with Crippen molar-refractivity contribution >= 4 is 11.6 Å². The van der Waals surface area contributed by atoms with Crippen molar-refractivity contribution in [3.05, 3.63) is 12.4 Å². The number of aromatic nitrogens is 2. The van der Waals surface area contributed by atoms with Gasteiger partial charge in [0.15, 0.2) is 0 Å². The van der Waals surface area contributed by atoms with Crippen molar-refractivity contribution in [3.63, 3.8) is 0 Å². The molecule has 1 aromatic rings. The van der Waals surface area contributed by atoms with Gasteiger partial charge in [-0.05, 0) is 33.9 Å². The van der Waals surface area contributed by atoms with Crippen molar-refractivity contribution in [2.45, 2.75) is 25.8 Å². The molecule has 100 valence electrons. The van der Waals surface area contributed by atoms with Crippen LogP contribution in [0.4, 0.5) is 11.6 Å². The molecule has 0 bridgehead atoms. The summed E-state index contributed by atoms with van der Waals surface area (Å²) in [5.41, 5.74) is 0. The second kappa shape index (κ2) is 6.00. The Hall–Kier alpha value is -1.36. The number of nitrogens with zero attached hydrogens (tertiary/aromatic N) is 4. The summed E-state index contributed by atoms with van der Waals surface area (Å²) in [6.45, 7) is 5.11. The summed E-state index contributed by atoms with van der Waals surface area (Å²) in [7, 11) is 4.24. The number of likely N-dealkylation sites (N-methyl/N-ethyl adjacent to an activating group) is 1. The molecule has 18 heavy (non-hydrogen) atoms. The lowest BCUT2D eigenvalue weighted by atomic mass is 10.2. The zero-order valence-electron chi connectivity index (χ0n) is 11.6. The molecule has 2 heterocycles. The summed E-state index contributed by atoms with van der Waals surface area (Å²) in [6, 6.07) is 0.561. The smallest absolute Gasteiger partial charge is 0.149 e. The molecule has 5 nitrogen and oxygen atoms in total. The van der Waals surface area contributed by atoms with Gasteiger partial charge in [0.2, 0.25) is 0 Å². The lowest BCUT2D eigenvalue weighted by molar-refractivity contribution is 0.371. The zero-order valence-corrected chi connectivity index (χ0v) is 11.6. The van der Waals surface area contributed by atoms with E-state index in [2.05, 4.69) is 46.1 Å². The van der Waals surface area contributed by atoms with Crippen LogP contribution in [-0.2, 0) is 0 Å². The molecule has 1 aromatic heterocycles. The second-order valence-corrected chi connectivity index (χ2v) is 5.04. The van der Waals surface area contributed by atoms with Gasteiger partial charge in [-0.15, -0.1) is 0 Å². The van der Waals surface area contributed by atoms with E-state index in [-0.39, 0.29) is 0 Å². The normalized spacial score (nSPS) is 19.6. The summed E-state index contributed by atoms with van der Waals surface area (Å²) < 4.78 is 0. The van der Waals surface area contributed by atoms with Crippen LogP contribution in [0.2, 0.25) is 0 Å². The van der Waals surface area contributed by atoms with E-state index in [1.165, 1.54) is 12.8 Å². The molecule has 1 fully saturated rings. The fourth-order valence-corrected chi connectivity index (χ4v) is 2.51. The number of anilines is 2. The average molecular weight is 249 g/mol. The largest absolute Gasteiger partial charge is 0.369 e. The van der Waals surface area contributed by atoms with Gasteiger partial charge in [0.05, 0.1) is 12.4 Å². The Labute approximate surface area is 109 Å². The molecule has 0 spiro atoms. The molecule has 1 saturated heterocycles. The number of hydrogen-bond donors (Lipinski definition) is 1. The van der Waals surface area contributed by atoms with E-state index in [0.29, 0.717) is 6.04 Å². The number of nitrogens with one attached hydrogen (secondary N) is 1. The predicted molar refractivity (Wildman–Crippen MR) is 75.1 cm³/mol. The van der Waals surface area contributed by atoms with Gasteiger partial charge >= 0.3 is 0 Å². The third-order valence-corrected chi connectivity index (χ3v) is 3.23. The maximum Gasteiger partial charge on any atom is 0.149 e. The molecule has 1 unspecified atom stereocenters. The molecule has 0 aliphatic carbocycles. The number of hydrogen-bond acceptors (Lipinski definition) is 5. The van der Waals surface area contributed by atoms with Gasteiger partial charge in [-0.1, -0.05) is 0 Å². The lowest BCUT2D eigenvalue weighted by Gasteiger charge is -2.28. The molecule has 0 radical (unpaired) electrons. The van der Waals surface area contributed by atoms with Crippen LogP contribution in [0, 0.1) is 0 Å². The van der Waals surface area contributed by atoms with Crippen LogP contribution in [0.15, 0.2) is 12.4 Å². The summed E-state index contributed by atoms with van der Waals surface area (Å²) in [5.74, 6) is 1.86. The van der Waals surface area contributed by atoms with Crippen molar-refractivity contribution < 1.29 is 0 Å². The summed E-state index contributed by atoms with van der Waals surface area (Å²) in [4.78, 5) is 13.5. The third kappa shape index (κ3) is 3.10. The molecule has 1 aliphatic rings. The van der Waals surface area contributed by atoms with E-state index < -0.39 is 0 Å². The molecule has 0 aromatic carbocycles. The molecular formula is C13H23N5.